The van der Waals surface area contributed by atoms with E-state index in [1.54, 1.807) is 6.07 Å². The van der Waals surface area contributed by atoms with Crippen molar-refractivity contribution in [3.05, 3.63) is 23.3 Å². The number of phenolic OH excluding ortho intramolecular Hbond substituents is 1. The summed E-state index contributed by atoms with van der Waals surface area (Å²) in [6.45, 7) is -3.09. The second-order valence-corrected chi connectivity index (χ2v) is 3.03. The Balaban J connectivity index is 3.17. The van der Waals surface area contributed by atoms with Crippen LogP contribution >= 0.6 is 0 Å². The lowest BCUT2D eigenvalue weighted by Crippen LogP contribution is -2.05. The van der Waals surface area contributed by atoms with E-state index < -0.39 is 30.5 Å². The molecule has 0 aromatic heterocycles. The zero-order valence-electron chi connectivity index (χ0n) is 8.35. The summed E-state index contributed by atoms with van der Waals surface area (Å²) in [5.74, 6) is -2.22. The number of nitriles is 1. The molecule has 1 aromatic rings. The molecule has 0 unspecified atom stereocenters. The van der Waals surface area contributed by atoms with Gasteiger partial charge in [0.2, 0.25) is 0 Å². The molecule has 0 atom stereocenters. The van der Waals surface area contributed by atoms with Gasteiger partial charge in [0.05, 0.1) is 18.1 Å². The molecule has 7 heteroatoms. The van der Waals surface area contributed by atoms with Gasteiger partial charge in [-0.25, -0.2) is 0 Å². The topological polar surface area (TPSA) is 90.5 Å². The van der Waals surface area contributed by atoms with Crippen molar-refractivity contribution in [2.24, 2.45) is 0 Å². The molecule has 1 rings (SSSR count). The first kappa shape index (κ1) is 12.7. The van der Waals surface area contributed by atoms with E-state index in [1.165, 1.54) is 0 Å². The van der Waals surface area contributed by atoms with Gasteiger partial charge in [-0.2, -0.15) is 14.0 Å². The lowest BCUT2D eigenvalue weighted by Gasteiger charge is -2.09. The summed E-state index contributed by atoms with van der Waals surface area (Å²) in [6, 6.07) is 3.39. The van der Waals surface area contributed by atoms with Gasteiger partial charge in [0, 0.05) is 11.6 Å². The average molecular weight is 243 g/mol. The van der Waals surface area contributed by atoms with Gasteiger partial charge >= 0.3 is 12.6 Å². The van der Waals surface area contributed by atoms with Gasteiger partial charge in [-0.05, 0) is 6.07 Å². The van der Waals surface area contributed by atoms with E-state index in [1.807, 2.05) is 0 Å². The van der Waals surface area contributed by atoms with Crippen molar-refractivity contribution in [1.29, 1.82) is 5.26 Å². The fourth-order valence-corrected chi connectivity index (χ4v) is 1.24. The Bertz CT molecular complexity index is 482. The molecular formula is C10H7F2NO4. The monoisotopic (exact) mass is 243 g/mol. The SMILES string of the molecule is N#Cc1cc(OC(F)F)cc(O)c1CC(=O)O. The van der Waals surface area contributed by atoms with Crippen LogP contribution < -0.4 is 4.74 Å². The zero-order valence-corrected chi connectivity index (χ0v) is 8.35. The number of phenols is 1. The van der Waals surface area contributed by atoms with E-state index in [9.17, 15) is 18.7 Å². The van der Waals surface area contributed by atoms with Crippen molar-refractivity contribution in [1.82, 2.24) is 0 Å². The van der Waals surface area contributed by atoms with Crippen molar-refractivity contribution in [2.75, 3.05) is 0 Å². The van der Waals surface area contributed by atoms with Gasteiger partial charge in [0.15, 0.2) is 0 Å². The number of rotatable bonds is 4. The van der Waals surface area contributed by atoms with Crippen molar-refractivity contribution < 1.29 is 28.5 Å². The lowest BCUT2D eigenvalue weighted by molar-refractivity contribution is -0.136. The Kier molecular flexibility index (Phi) is 3.82. The summed E-state index contributed by atoms with van der Waals surface area (Å²) in [5.41, 5.74) is -0.357. The molecule has 0 radical (unpaired) electrons. The van der Waals surface area contributed by atoms with Crippen LogP contribution in [0.5, 0.6) is 11.5 Å². The molecule has 0 aliphatic heterocycles. The highest BCUT2D eigenvalue weighted by Crippen LogP contribution is 2.28. The largest absolute Gasteiger partial charge is 0.507 e. The van der Waals surface area contributed by atoms with Gasteiger partial charge in [-0.15, -0.1) is 0 Å². The van der Waals surface area contributed by atoms with Crippen LogP contribution in [0.25, 0.3) is 0 Å². The minimum absolute atomic E-state index is 0.137. The Morgan fingerprint density at radius 1 is 1.53 bits per heavy atom. The summed E-state index contributed by atoms with van der Waals surface area (Å²) >= 11 is 0. The second kappa shape index (κ2) is 5.12. The summed E-state index contributed by atoms with van der Waals surface area (Å²) in [7, 11) is 0. The summed E-state index contributed by atoms with van der Waals surface area (Å²) < 4.78 is 27.8. The molecule has 0 saturated heterocycles. The number of nitrogens with zero attached hydrogens (tertiary/aromatic N) is 1. The first-order chi connectivity index (χ1) is 7.93. The predicted molar refractivity (Wildman–Crippen MR) is 50.8 cm³/mol. The summed E-state index contributed by atoms with van der Waals surface area (Å²) in [4.78, 5) is 10.5. The summed E-state index contributed by atoms with van der Waals surface area (Å²) in [5, 5.41) is 26.7. The molecule has 0 heterocycles. The first-order valence-electron chi connectivity index (χ1n) is 4.36. The third-order valence-corrected chi connectivity index (χ3v) is 1.87. The molecule has 0 spiro atoms. The van der Waals surface area contributed by atoms with Crippen molar-refractivity contribution in [3.63, 3.8) is 0 Å². The highest BCUT2D eigenvalue weighted by atomic mass is 19.3. The maximum absolute atomic E-state index is 11.9. The number of halogens is 2. The molecule has 0 aliphatic carbocycles. The fourth-order valence-electron chi connectivity index (χ4n) is 1.24. The quantitative estimate of drug-likeness (QED) is 0.836. The van der Waals surface area contributed by atoms with E-state index in [2.05, 4.69) is 4.74 Å². The number of benzene rings is 1. The zero-order chi connectivity index (χ0) is 13.0. The number of carbonyl (C=O) groups is 1. The predicted octanol–water partition coefficient (Wildman–Crippen LogP) is 1.49. The van der Waals surface area contributed by atoms with Gasteiger partial charge in [0.1, 0.15) is 11.5 Å². The van der Waals surface area contributed by atoms with Crippen LogP contribution in [-0.2, 0) is 11.2 Å². The minimum Gasteiger partial charge on any atom is -0.507 e. The lowest BCUT2D eigenvalue weighted by atomic mass is 10.0. The van der Waals surface area contributed by atoms with E-state index in [0.29, 0.717) is 0 Å². The number of carboxylic acids is 1. The Morgan fingerprint density at radius 2 is 2.18 bits per heavy atom. The van der Waals surface area contributed by atoms with Gasteiger partial charge in [0.25, 0.3) is 0 Å². The number of carboxylic acid groups (broad SMARTS) is 1. The van der Waals surface area contributed by atoms with Crippen LogP contribution in [0.3, 0.4) is 0 Å². The number of hydrogen-bond donors (Lipinski definition) is 2. The van der Waals surface area contributed by atoms with Gasteiger partial charge in [-0.1, -0.05) is 0 Å². The first-order valence-corrected chi connectivity index (χ1v) is 4.36. The van der Waals surface area contributed by atoms with E-state index >= 15 is 0 Å². The number of aromatic hydroxyl groups is 1. The Labute approximate surface area is 94.5 Å². The number of hydrogen-bond acceptors (Lipinski definition) is 4. The smallest absolute Gasteiger partial charge is 0.387 e. The normalized spacial score (nSPS) is 10.0. The van der Waals surface area contributed by atoms with Crippen molar-refractivity contribution in [2.45, 2.75) is 13.0 Å². The maximum Gasteiger partial charge on any atom is 0.387 e. The Hall–Kier alpha value is -2.36. The van der Waals surface area contributed by atoms with Crippen LogP contribution in [0.2, 0.25) is 0 Å². The highest BCUT2D eigenvalue weighted by Gasteiger charge is 2.15. The molecule has 1 aromatic carbocycles. The van der Waals surface area contributed by atoms with E-state index in [-0.39, 0.29) is 11.1 Å². The molecule has 5 nitrogen and oxygen atoms in total. The molecule has 0 aliphatic rings. The van der Waals surface area contributed by atoms with E-state index in [0.717, 1.165) is 12.1 Å². The molecule has 17 heavy (non-hydrogen) atoms. The maximum atomic E-state index is 11.9. The Morgan fingerprint density at radius 3 is 2.65 bits per heavy atom. The van der Waals surface area contributed by atoms with Gasteiger partial charge in [-0.3, -0.25) is 4.79 Å². The van der Waals surface area contributed by atoms with Gasteiger partial charge < -0.3 is 14.9 Å². The third kappa shape index (κ3) is 3.31. The van der Waals surface area contributed by atoms with Crippen LogP contribution in [0.1, 0.15) is 11.1 Å². The second-order valence-electron chi connectivity index (χ2n) is 3.03. The molecule has 0 amide bonds. The number of aliphatic carboxylic acids is 1. The molecule has 0 fully saturated rings. The third-order valence-electron chi connectivity index (χ3n) is 1.87. The standard InChI is InChI=1S/C10H7F2NO4/c11-10(12)17-6-1-5(4-13)7(3-9(15)16)8(14)2-6/h1-2,10,14H,3H2,(H,15,16). The fraction of sp³-hybridized carbons (Fsp3) is 0.200. The summed E-state index contributed by atoms with van der Waals surface area (Å²) in [6.07, 6.45) is -0.580. The van der Waals surface area contributed by atoms with Crippen molar-refractivity contribution in [3.8, 4) is 17.6 Å². The number of alkyl halides is 2. The van der Waals surface area contributed by atoms with E-state index in [4.69, 9.17) is 10.4 Å². The molecule has 90 valence electrons. The average Bonchev–Trinajstić information content (AvgIpc) is 2.20. The van der Waals surface area contributed by atoms with Crippen molar-refractivity contribution >= 4 is 5.97 Å². The van der Waals surface area contributed by atoms with Crippen LogP contribution in [0.4, 0.5) is 8.78 Å². The molecular weight excluding hydrogens is 236 g/mol. The highest BCUT2D eigenvalue weighted by molar-refractivity contribution is 5.73. The minimum atomic E-state index is -3.09. The van der Waals surface area contributed by atoms with Crippen LogP contribution in [-0.4, -0.2) is 22.8 Å². The molecule has 0 bridgehead atoms. The van der Waals surface area contributed by atoms with Crippen LogP contribution in [0.15, 0.2) is 12.1 Å². The van der Waals surface area contributed by atoms with Crippen LogP contribution in [0, 0.1) is 11.3 Å². The molecule has 2 N–H and O–H groups in total. The molecule has 0 saturated carbocycles. The number of ether oxygens (including phenoxy) is 1.